The van der Waals surface area contributed by atoms with E-state index in [0.29, 0.717) is 6.54 Å². The van der Waals surface area contributed by atoms with E-state index in [1.54, 1.807) is 0 Å². The van der Waals surface area contributed by atoms with Gasteiger partial charge in [-0.1, -0.05) is 40.0 Å². The van der Waals surface area contributed by atoms with E-state index in [0.717, 1.165) is 19.3 Å². The third-order valence-electron chi connectivity index (χ3n) is 3.22. The summed E-state index contributed by atoms with van der Waals surface area (Å²) in [6.07, 6.45) is 3.28. The van der Waals surface area contributed by atoms with Crippen molar-refractivity contribution in [1.82, 2.24) is 10.6 Å². The molecule has 0 saturated carbocycles. The molecule has 0 bridgehead atoms. The monoisotopic (exact) mass is 288 g/mol. The smallest absolute Gasteiger partial charge is 0.328 e. The Balaban J connectivity index is 4.17. The number of aliphatic carboxylic acids is 1. The summed E-state index contributed by atoms with van der Waals surface area (Å²) in [7, 11) is 0. The van der Waals surface area contributed by atoms with Gasteiger partial charge in [0.05, 0.1) is 6.10 Å². The lowest BCUT2D eigenvalue weighted by molar-refractivity contribution is -0.141. The van der Waals surface area contributed by atoms with Crippen molar-refractivity contribution in [3.63, 3.8) is 0 Å². The summed E-state index contributed by atoms with van der Waals surface area (Å²) in [4.78, 5) is 22.5. The highest BCUT2D eigenvalue weighted by atomic mass is 16.4. The first-order valence-electron chi connectivity index (χ1n) is 7.15. The van der Waals surface area contributed by atoms with E-state index in [4.69, 9.17) is 5.11 Å². The summed E-state index contributed by atoms with van der Waals surface area (Å²) in [5.41, 5.74) is -0.0317. The van der Waals surface area contributed by atoms with Gasteiger partial charge in [0.2, 0.25) is 0 Å². The number of carboxylic acids is 1. The van der Waals surface area contributed by atoms with Gasteiger partial charge in [-0.25, -0.2) is 9.59 Å². The minimum absolute atomic E-state index is 0.0317. The van der Waals surface area contributed by atoms with Gasteiger partial charge >= 0.3 is 12.0 Å². The Hall–Kier alpha value is -1.30. The van der Waals surface area contributed by atoms with E-state index in [-0.39, 0.29) is 5.41 Å². The second-order valence-corrected chi connectivity index (χ2v) is 6.00. The molecule has 0 rings (SSSR count). The van der Waals surface area contributed by atoms with Crippen molar-refractivity contribution >= 4 is 12.0 Å². The molecule has 0 aromatic rings. The highest BCUT2D eigenvalue weighted by molar-refractivity contribution is 5.82. The van der Waals surface area contributed by atoms with E-state index >= 15 is 0 Å². The maximum absolute atomic E-state index is 11.6. The average Bonchev–Trinajstić information content (AvgIpc) is 2.33. The highest BCUT2D eigenvalue weighted by Gasteiger charge is 2.25. The van der Waals surface area contributed by atoms with Crippen LogP contribution >= 0.6 is 0 Å². The summed E-state index contributed by atoms with van der Waals surface area (Å²) in [6.45, 7) is 8.06. The van der Waals surface area contributed by atoms with Crippen molar-refractivity contribution in [2.24, 2.45) is 5.41 Å². The molecule has 0 aromatic heterocycles. The molecule has 0 aliphatic rings. The summed E-state index contributed by atoms with van der Waals surface area (Å²) < 4.78 is 0. The first-order valence-corrected chi connectivity index (χ1v) is 7.15. The zero-order valence-electron chi connectivity index (χ0n) is 12.9. The predicted molar refractivity (Wildman–Crippen MR) is 77.6 cm³/mol. The number of rotatable bonds is 9. The van der Waals surface area contributed by atoms with Crippen LogP contribution in [0.1, 0.15) is 53.4 Å². The fourth-order valence-electron chi connectivity index (χ4n) is 1.84. The van der Waals surface area contributed by atoms with Crippen molar-refractivity contribution < 1.29 is 19.8 Å². The number of nitrogens with one attached hydrogen (secondary N) is 2. The van der Waals surface area contributed by atoms with E-state index in [2.05, 4.69) is 31.4 Å². The molecule has 0 aromatic carbocycles. The fraction of sp³-hybridized carbons (Fsp3) is 0.857. The van der Waals surface area contributed by atoms with Crippen molar-refractivity contribution in [2.75, 3.05) is 6.54 Å². The van der Waals surface area contributed by atoms with Gasteiger partial charge in [0.1, 0.15) is 0 Å². The van der Waals surface area contributed by atoms with Crippen LogP contribution in [0, 0.1) is 5.41 Å². The van der Waals surface area contributed by atoms with Crippen LogP contribution in [0.15, 0.2) is 0 Å². The number of aliphatic hydroxyl groups excluding tert-OH is 1. The van der Waals surface area contributed by atoms with Gasteiger partial charge in [-0.15, -0.1) is 0 Å². The molecule has 0 fully saturated rings. The third-order valence-corrected chi connectivity index (χ3v) is 3.22. The van der Waals surface area contributed by atoms with E-state index in [9.17, 15) is 14.7 Å². The molecule has 2 amide bonds. The molecule has 0 heterocycles. The fourth-order valence-corrected chi connectivity index (χ4v) is 1.84. The third kappa shape index (κ3) is 7.99. The summed E-state index contributed by atoms with van der Waals surface area (Å²) in [5, 5.41) is 23.1. The molecule has 0 saturated heterocycles. The lowest BCUT2D eigenvalue weighted by Crippen LogP contribution is -2.52. The second-order valence-electron chi connectivity index (χ2n) is 6.00. The minimum Gasteiger partial charge on any atom is -0.480 e. The predicted octanol–water partition coefficient (Wildman–Crippen LogP) is 1.73. The van der Waals surface area contributed by atoms with Gasteiger partial charge in [0.25, 0.3) is 0 Å². The van der Waals surface area contributed by atoms with Crippen molar-refractivity contribution in [2.45, 2.75) is 65.5 Å². The molecular weight excluding hydrogens is 260 g/mol. The normalized spacial score (nSPS) is 14.4. The van der Waals surface area contributed by atoms with Gasteiger partial charge in [-0.3, -0.25) is 0 Å². The highest BCUT2D eigenvalue weighted by Crippen LogP contribution is 2.22. The van der Waals surface area contributed by atoms with Crippen LogP contribution in [0.3, 0.4) is 0 Å². The molecule has 0 radical (unpaired) electrons. The van der Waals surface area contributed by atoms with Crippen molar-refractivity contribution in [3.8, 4) is 0 Å². The SMILES string of the molecule is CCCCCC(C)(C)CNC(=O)NC(C(=O)O)C(C)O. The topological polar surface area (TPSA) is 98.7 Å². The number of amides is 2. The second kappa shape index (κ2) is 8.79. The maximum atomic E-state index is 11.6. The van der Waals surface area contributed by atoms with Gasteiger partial charge in [-0.05, 0) is 18.8 Å². The molecule has 0 spiro atoms. The van der Waals surface area contributed by atoms with E-state index < -0.39 is 24.1 Å². The van der Waals surface area contributed by atoms with Crippen LogP contribution in [0.5, 0.6) is 0 Å². The van der Waals surface area contributed by atoms with Crippen LogP contribution in [0.4, 0.5) is 4.79 Å². The van der Waals surface area contributed by atoms with Gasteiger partial charge < -0.3 is 20.8 Å². The van der Waals surface area contributed by atoms with Crippen LogP contribution in [-0.2, 0) is 4.79 Å². The maximum Gasteiger partial charge on any atom is 0.328 e. The average molecular weight is 288 g/mol. The molecule has 4 N–H and O–H groups in total. The van der Waals surface area contributed by atoms with E-state index in [1.807, 2.05) is 0 Å². The van der Waals surface area contributed by atoms with Gasteiger partial charge in [0, 0.05) is 6.54 Å². The number of urea groups is 1. The Morgan fingerprint density at radius 2 is 1.85 bits per heavy atom. The Morgan fingerprint density at radius 3 is 2.30 bits per heavy atom. The Bertz CT molecular complexity index is 316. The minimum atomic E-state index is -1.29. The van der Waals surface area contributed by atoms with Crippen molar-refractivity contribution in [1.29, 1.82) is 0 Å². The standard InChI is InChI=1S/C14H28N2O4/c1-5-6-7-8-14(3,4)9-15-13(20)16-11(10(2)17)12(18)19/h10-11,17H,5-9H2,1-4H3,(H,18,19)(H2,15,16,20). The lowest BCUT2D eigenvalue weighted by Gasteiger charge is -2.26. The largest absolute Gasteiger partial charge is 0.480 e. The summed E-state index contributed by atoms with van der Waals surface area (Å²) >= 11 is 0. The zero-order chi connectivity index (χ0) is 15.8. The number of carbonyl (C=O) groups is 2. The zero-order valence-corrected chi connectivity index (χ0v) is 12.9. The molecular formula is C14H28N2O4. The van der Waals surface area contributed by atoms with Crippen LogP contribution < -0.4 is 10.6 Å². The van der Waals surface area contributed by atoms with Crippen LogP contribution in [0.25, 0.3) is 0 Å². The lowest BCUT2D eigenvalue weighted by atomic mass is 9.87. The molecule has 2 unspecified atom stereocenters. The number of carboxylic acid groups (broad SMARTS) is 1. The number of hydrogen-bond acceptors (Lipinski definition) is 3. The molecule has 0 aliphatic carbocycles. The number of unbranched alkanes of at least 4 members (excludes halogenated alkanes) is 2. The summed E-state index contributed by atoms with van der Waals surface area (Å²) in [5.74, 6) is -1.25. The quantitative estimate of drug-likeness (QED) is 0.485. The number of carbonyl (C=O) groups excluding carboxylic acids is 1. The molecule has 20 heavy (non-hydrogen) atoms. The van der Waals surface area contributed by atoms with Crippen LogP contribution in [-0.4, -0.2) is 40.9 Å². The molecule has 6 heteroatoms. The first kappa shape index (κ1) is 18.7. The number of hydrogen-bond donors (Lipinski definition) is 4. The van der Waals surface area contributed by atoms with Crippen molar-refractivity contribution in [3.05, 3.63) is 0 Å². The van der Waals surface area contributed by atoms with Gasteiger partial charge in [0.15, 0.2) is 6.04 Å². The Kier molecular flexibility index (Phi) is 8.22. The molecule has 2 atom stereocenters. The Labute approximate surface area is 120 Å². The summed E-state index contributed by atoms with van der Waals surface area (Å²) in [6, 6.07) is -1.86. The van der Waals surface area contributed by atoms with E-state index in [1.165, 1.54) is 13.3 Å². The number of aliphatic hydroxyl groups is 1. The first-order chi connectivity index (χ1) is 9.19. The van der Waals surface area contributed by atoms with Crippen LogP contribution in [0.2, 0.25) is 0 Å². The molecule has 0 aliphatic heterocycles. The van der Waals surface area contributed by atoms with Gasteiger partial charge in [-0.2, -0.15) is 0 Å². The molecule has 6 nitrogen and oxygen atoms in total. The molecule has 118 valence electrons. The Morgan fingerprint density at radius 1 is 1.25 bits per heavy atom.